The number of amides is 1. The van der Waals surface area contributed by atoms with Crippen molar-refractivity contribution >= 4 is 28.8 Å². The van der Waals surface area contributed by atoms with Crippen LogP contribution in [0, 0.1) is 0 Å². The molecule has 2 aromatic carbocycles. The molecule has 1 amide bonds. The highest BCUT2D eigenvalue weighted by atomic mass is 32.2. The number of piperazine rings is 1. The lowest BCUT2D eigenvalue weighted by Crippen LogP contribution is -2.50. The third-order valence-corrected chi connectivity index (χ3v) is 5.76. The molecule has 4 rings (SSSR count). The molecule has 0 saturated carbocycles. The third kappa shape index (κ3) is 4.34. The SMILES string of the molecule is CC(Sc1nc2ccccc2o1)C(=O)N1CCN(Cc2ccccc2)CC1. The Balaban J connectivity index is 1.30. The van der Waals surface area contributed by atoms with Gasteiger partial charge in [-0.1, -0.05) is 54.2 Å². The molecule has 0 bridgehead atoms. The van der Waals surface area contributed by atoms with Gasteiger partial charge in [-0.25, -0.2) is 4.98 Å². The zero-order valence-electron chi connectivity index (χ0n) is 15.4. The minimum absolute atomic E-state index is 0.154. The van der Waals surface area contributed by atoms with Crippen molar-refractivity contribution in [2.45, 2.75) is 23.9 Å². The van der Waals surface area contributed by atoms with Gasteiger partial charge in [0.2, 0.25) is 5.91 Å². The average Bonchev–Trinajstić information content (AvgIpc) is 3.11. The fourth-order valence-corrected chi connectivity index (χ4v) is 4.17. The maximum Gasteiger partial charge on any atom is 0.257 e. The minimum atomic E-state index is -0.210. The van der Waals surface area contributed by atoms with Gasteiger partial charge in [0.1, 0.15) is 5.52 Å². The van der Waals surface area contributed by atoms with Crippen molar-refractivity contribution in [1.82, 2.24) is 14.8 Å². The predicted molar refractivity (Wildman–Crippen MR) is 108 cm³/mol. The van der Waals surface area contributed by atoms with Crippen LogP contribution >= 0.6 is 11.8 Å². The molecule has 5 nitrogen and oxygen atoms in total. The summed E-state index contributed by atoms with van der Waals surface area (Å²) in [4.78, 5) is 21.6. The molecular weight excluding hydrogens is 358 g/mol. The molecule has 27 heavy (non-hydrogen) atoms. The van der Waals surface area contributed by atoms with E-state index in [1.807, 2.05) is 42.2 Å². The number of thioether (sulfide) groups is 1. The van der Waals surface area contributed by atoms with Gasteiger partial charge < -0.3 is 9.32 Å². The van der Waals surface area contributed by atoms with Gasteiger partial charge in [-0.3, -0.25) is 9.69 Å². The number of nitrogens with zero attached hydrogens (tertiary/aromatic N) is 3. The van der Waals surface area contributed by atoms with Gasteiger partial charge in [0.15, 0.2) is 5.58 Å². The smallest absolute Gasteiger partial charge is 0.257 e. The van der Waals surface area contributed by atoms with E-state index >= 15 is 0 Å². The summed E-state index contributed by atoms with van der Waals surface area (Å²) in [6.45, 7) is 6.21. The minimum Gasteiger partial charge on any atom is -0.431 e. The summed E-state index contributed by atoms with van der Waals surface area (Å²) in [7, 11) is 0. The molecule has 140 valence electrons. The lowest BCUT2D eigenvalue weighted by Gasteiger charge is -2.35. The van der Waals surface area contributed by atoms with E-state index in [1.54, 1.807) is 0 Å². The molecule has 0 radical (unpaired) electrons. The van der Waals surface area contributed by atoms with Crippen molar-refractivity contribution in [3.05, 3.63) is 60.2 Å². The summed E-state index contributed by atoms with van der Waals surface area (Å²) in [5.74, 6) is 0.154. The summed E-state index contributed by atoms with van der Waals surface area (Å²) >= 11 is 1.39. The number of para-hydroxylation sites is 2. The first-order valence-electron chi connectivity index (χ1n) is 9.26. The third-order valence-electron chi connectivity index (χ3n) is 4.83. The van der Waals surface area contributed by atoms with Crippen LogP contribution < -0.4 is 0 Å². The molecule has 1 atom stereocenters. The second-order valence-corrected chi connectivity index (χ2v) is 8.09. The summed E-state index contributed by atoms with van der Waals surface area (Å²) in [5, 5.41) is 0.346. The van der Waals surface area contributed by atoms with Gasteiger partial charge in [-0.05, 0) is 24.6 Å². The van der Waals surface area contributed by atoms with Crippen LogP contribution in [-0.2, 0) is 11.3 Å². The predicted octanol–water partition coefficient (Wildman–Crippen LogP) is 3.65. The van der Waals surface area contributed by atoms with Crippen molar-refractivity contribution in [3.63, 3.8) is 0 Å². The van der Waals surface area contributed by atoms with Crippen LogP contribution in [-0.4, -0.2) is 52.1 Å². The van der Waals surface area contributed by atoms with Crippen LogP contribution in [0.3, 0.4) is 0 Å². The Morgan fingerprint density at radius 2 is 1.78 bits per heavy atom. The normalized spacial score (nSPS) is 16.6. The highest BCUT2D eigenvalue weighted by Gasteiger charge is 2.26. The molecule has 0 N–H and O–H groups in total. The molecule has 0 aliphatic carbocycles. The van der Waals surface area contributed by atoms with Crippen LogP contribution in [0.4, 0.5) is 0 Å². The molecule has 1 aliphatic heterocycles. The van der Waals surface area contributed by atoms with Crippen LogP contribution in [0.1, 0.15) is 12.5 Å². The molecule has 6 heteroatoms. The standard InChI is InChI=1S/C21H23N3O2S/c1-16(27-21-22-18-9-5-6-10-19(18)26-21)20(25)24-13-11-23(12-14-24)15-17-7-3-2-4-8-17/h2-10,16H,11-15H2,1H3. The van der Waals surface area contributed by atoms with Gasteiger partial charge >= 0.3 is 0 Å². The first-order valence-corrected chi connectivity index (χ1v) is 10.1. The van der Waals surface area contributed by atoms with Crippen molar-refractivity contribution in [3.8, 4) is 0 Å². The van der Waals surface area contributed by atoms with Crippen molar-refractivity contribution in [1.29, 1.82) is 0 Å². The second kappa shape index (κ2) is 8.15. The number of oxazole rings is 1. The number of carbonyl (C=O) groups excluding carboxylic acids is 1. The van der Waals surface area contributed by atoms with E-state index in [9.17, 15) is 4.79 Å². The Morgan fingerprint density at radius 1 is 1.07 bits per heavy atom. The van der Waals surface area contributed by atoms with Crippen LogP contribution in [0.5, 0.6) is 0 Å². The summed E-state index contributed by atoms with van der Waals surface area (Å²) in [5.41, 5.74) is 2.90. The number of fused-ring (bicyclic) bond motifs is 1. The van der Waals surface area contributed by atoms with Gasteiger partial charge in [0.25, 0.3) is 5.22 Å². The number of aromatic nitrogens is 1. The first kappa shape index (κ1) is 18.1. The van der Waals surface area contributed by atoms with Crippen molar-refractivity contribution < 1.29 is 9.21 Å². The van der Waals surface area contributed by atoms with E-state index in [4.69, 9.17) is 4.42 Å². The topological polar surface area (TPSA) is 49.6 Å². The summed E-state index contributed by atoms with van der Waals surface area (Å²) in [6, 6.07) is 18.1. The molecule has 1 aromatic heterocycles. The number of rotatable bonds is 5. The summed E-state index contributed by atoms with van der Waals surface area (Å²) in [6.07, 6.45) is 0. The van der Waals surface area contributed by atoms with Gasteiger partial charge in [-0.15, -0.1) is 0 Å². The highest BCUT2D eigenvalue weighted by molar-refractivity contribution is 8.00. The van der Waals surface area contributed by atoms with E-state index in [-0.39, 0.29) is 11.2 Å². The lowest BCUT2D eigenvalue weighted by atomic mass is 10.2. The monoisotopic (exact) mass is 381 g/mol. The quantitative estimate of drug-likeness (QED) is 0.632. The van der Waals surface area contributed by atoms with E-state index in [2.05, 4.69) is 34.1 Å². The van der Waals surface area contributed by atoms with E-state index in [0.717, 1.165) is 43.8 Å². The zero-order valence-corrected chi connectivity index (χ0v) is 16.2. The Kier molecular flexibility index (Phi) is 5.45. The fourth-order valence-electron chi connectivity index (χ4n) is 3.33. The highest BCUT2D eigenvalue weighted by Crippen LogP contribution is 2.27. The Labute approximate surface area is 163 Å². The number of hydrogen-bond donors (Lipinski definition) is 0. The number of benzene rings is 2. The van der Waals surface area contributed by atoms with E-state index < -0.39 is 0 Å². The largest absolute Gasteiger partial charge is 0.431 e. The van der Waals surface area contributed by atoms with Gasteiger partial charge in [0.05, 0.1) is 5.25 Å². The molecule has 2 heterocycles. The maximum atomic E-state index is 12.8. The molecule has 0 spiro atoms. The van der Waals surface area contributed by atoms with Crippen molar-refractivity contribution in [2.24, 2.45) is 0 Å². The van der Waals surface area contributed by atoms with Gasteiger partial charge in [-0.2, -0.15) is 0 Å². The second-order valence-electron chi connectivity index (χ2n) is 6.79. The van der Waals surface area contributed by atoms with Crippen molar-refractivity contribution in [2.75, 3.05) is 26.2 Å². The maximum absolute atomic E-state index is 12.8. The number of carbonyl (C=O) groups is 1. The van der Waals surface area contributed by atoms with Crippen LogP contribution in [0.2, 0.25) is 0 Å². The zero-order chi connectivity index (χ0) is 18.6. The summed E-state index contributed by atoms with van der Waals surface area (Å²) < 4.78 is 5.73. The molecule has 3 aromatic rings. The van der Waals surface area contributed by atoms with E-state index in [1.165, 1.54) is 17.3 Å². The van der Waals surface area contributed by atoms with Gasteiger partial charge in [0, 0.05) is 32.7 Å². The molecule has 1 aliphatic rings. The Hall–Kier alpha value is -2.31. The van der Waals surface area contributed by atoms with Crippen LogP contribution in [0.25, 0.3) is 11.1 Å². The Morgan fingerprint density at radius 3 is 2.52 bits per heavy atom. The van der Waals surface area contributed by atoms with E-state index in [0.29, 0.717) is 5.22 Å². The molecule has 1 unspecified atom stereocenters. The number of hydrogen-bond acceptors (Lipinski definition) is 5. The molecule has 1 saturated heterocycles. The molecule has 1 fully saturated rings. The Bertz CT molecular complexity index is 871. The average molecular weight is 382 g/mol. The van der Waals surface area contributed by atoms with Crippen LogP contribution in [0.15, 0.2) is 64.2 Å². The molecular formula is C21H23N3O2S. The lowest BCUT2D eigenvalue weighted by molar-refractivity contribution is -0.132. The fraction of sp³-hybridized carbons (Fsp3) is 0.333. The first-order chi connectivity index (χ1) is 13.2.